The number of hydrogen-bond donors (Lipinski definition) is 1. The molecule has 0 spiro atoms. The van der Waals surface area contributed by atoms with E-state index in [1.165, 1.54) is 0 Å². The number of rotatable bonds is 3. The van der Waals surface area contributed by atoms with Crippen molar-refractivity contribution in [3.8, 4) is 0 Å². The van der Waals surface area contributed by atoms with E-state index < -0.39 is 17.1 Å². The Hall–Kier alpha value is -1.10. The molecule has 2 rings (SSSR count). The van der Waals surface area contributed by atoms with Crippen molar-refractivity contribution in [3.05, 3.63) is 0 Å². The SMILES string of the molecule is CCC1(C)NC(=O)C(C(C)C)N(C2(C)CCOC2C)C1=O. The van der Waals surface area contributed by atoms with Crippen LogP contribution in [0.3, 0.4) is 0 Å². The summed E-state index contributed by atoms with van der Waals surface area (Å²) in [5, 5.41) is 2.94. The van der Waals surface area contributed by atoms with Crippen molar-refractivity contribution in [2.24, 2.45) is 5.92 Å². The van der Waals surface area contributed by atoms with E-state index in [2.05, 4.69) is 5.32 Å². The monoisotopic (exact) mass is 296 g/mol. The van der Waals surface area contributed by atoms with Gasteiger partial charge in [0.25, 0.3) is 0 Å². The van der Waals surface area contributed by atoms with Crippen molar-refractivity contribution < 1.29 is 14.3 Å². The Labute approximate surface area is 127 Å². The van der Waals surface area contributed by atoms with E-state index >= 15 is 0 Å². The fraction of sp³-hybridized carbons (Fsp3) is 0.875. The van der Waals surface area contributed by atoms with Gasteiger partial charge in [0.15, 0.2) is 0 Å². The Balaban J connectivity index is 2.49. The summed E-state index contributed by atoms with van der Waals surface area (Å²) in [5.74, 6) is 0.0393. The molecule has 0 aliphatic carbocycles. The van der Waals surface area contributed by atoms with Crippen molar-refractivity contribution in [2.45, 2.75) is 77.6 Å². The maximum absolute atomic E-state index is 13.1. The predicted octanol–water partition coefficient (Wildman–Crippen LogP) is 1.71. The number of amides is 2. The zero-order valence-electron chi connectivity index (χ0n) is 14.0. The van der Waals surface area contributed by atoms with Crippen LogP contribution in [-0.2, 0) is 14.3 Å². The molecule has 4 atom stereocenters. The maximum atomic E-state index is 13.1. The zero-order chi connectivity index (χ0) is 16.0. The molecule has 0 bridgehead atoms. The van der Waals surface area contributed by atoms with Gasteiger partial charge in [-0.05, 0) is 39.5 Å². The minimum Gasteiger partial charge on any atom is -0.376 e. The Morgan fingerprint density at radius 3 is 2.43 bits per heavy atom. The fourth-order valence-electron chi connectivity index (χ4n) is 3.44. The summed E-state index contributed by atoms with van der Waals surface area (Å²) < 4.78 is 5.71. The third-order valence-corrected chi connectivity index (χ3v) is 5.38. The molecule has 0 saturated carbocycles. The molecule has 0 aromatic heterocycles. The van der Waals surface area contributed by atoms with Crippen molar-refractivity contribution in [2.75, 3.05) is 6.61 Å². The molecule has 2 amide bonds. The van der Waals surface area contributed by atoms with E-state index in [0.29, 0.717) is 13.0 Å². The molecule has 2 saturated heterocycles. The largest absolute Gasteiger partial charge is 0.376 e. The standard InChI is InChI=1S/C16H28N2O3/c1-7-15(5)14(20)18(12(10(2)3)13(19)17-15)16(6)8-9-21-11(16)4/h10-12H,7-9H2,1-6H3,(H,17,19). The number of carbonyl (C=O) groups excluding carboxylic acids is 2. The van der Waals surface area contributed by atoms with E-state index in [-0.39, 0.29) is 23.8 Å². The van der Waals surface area contributed by atoms with Gasteiger partial charge in [-0.3, -0.25) is 9.59 Å². The van der Waals surface area contributed by atoms with Crippen LogP contribution >= 0.6 is 0 Å². The second-order valence-corrected chi connectivity index (χ2v) is 7.16. The normalized spacial score (nSPS) is 40.8. The number of nitrogens with one attached hydrogen (secondary N) is 1. The minimum atomic E-state index is -0.812. The van der Waals surface area contributed by atoms with Gasteiger partial charge in [0.2, 0.25) is 11.8 Å². The second kappa shape index (κ2) is 5.27. The second-order valence-electron chi connectivity index (χ2n) is 7.16. The van der Waals surface area contributed by atoms with E-state index in [0.717, 1.165) is 6.42 Å². The molecule has 0 radical (unpaired) electrons. The van der Waals surface area contributed by atoms with Gasteiger partial charge in [0, 0.05) is 6.61 Å². The highest BCUT2D eigenvalue weighted by Gasteiger charge is 2.56. The molecule has 0 aromatic carbocycles. The lowest BCUT2D eigenvalue weighted by Crippen LogP contribution is -2.75. The van der Waals surface area contributed by atoms with Gasteiger partial charge in [-0.1, -0.05) is 20.8 Å². The molecule has 2 fully saturated rings. The van der Waals surface area contributed by atoms with Crippen molar-refractivity contribution in [1.82, 2.24) is 10.2 Å². The van der Waals surface area contributed by atoms with Gasteiger partial charge in [-0.25, -0.2) is 0 Å². The average Bonchev–Trinajstić information content (AvgIpc) is 2.74. The highest BCUT2D eigenvalue weighted by Crippen LogP contribution is 2.39. The maximum Gasteiger partial charge on any atom is 0.249 e. The van der Waals surface area contributed by atoms with E-state index in [1.807, 2.05) is 46.4 Å². The van der Waals surface area contributed by atoms with Crippen LogP contribution in [-0.4, -0.2) is 46.5 Å². The van der Waals surface area contributed by atoms with Gasteiger partial charge in [-0.2, -0.15) is 0 Å². The van der Waals surface area contributed by atoms with Gasteiger partial charge < -0.3 is 15.0 Å². The third-order valence-electron chi connectivity index (χ3n) is 5.38. The van der Waals surface area contributed by atoms with Crippen LogP contribution in [0.15, 0.2) is 0 Å². The summed E-state index contributed by atoms with van der Waals surface area (Å²) in [6, 6.07) is -0.425. The molecule has 5 nitrogen and oxygen atoms in total. The highest BCUT2D eigenvalue weighted by molar-refractivity contribution is 6.00. The quantitative estimate of drug-likeness (QED) is 0.862. The van der Waals surface area contributed by atoms with Gasteiger partial charge in [0.1, 0.15) is 11.6 Å². The Morgan fingerprint density at radius 2 is 2.00 bits per heavy atom. The van der Waals surface area contributed by atoms with Crippen molar-refractivity contribution in [3.63, 3.8) is 0 Å². The molecule has 1 N–H and O–H groups in total. The van der Waals surface area contributed by atoms with Gasteiger partial charge in [0.05, 0.1) is 11.6 Å². The summed E-state index contributed by atoms with van der Waals surface area (Å²) in [4.78, 5) is 27.6. The highest BCUT2D eigenvalue weighted by atomic mass is 16.5. The summed E-state index contributed by atoms with van der Waals surface area (Å²) in [7, 11) is 0. The lowest BCUT2D eigenvalue weighted by atomic mass is 9.81. The van der Waals surface area contributed by atoms with E-state index in [1.54, 1.807) is 0 Å². The minimum absolute atomic E-state index is 0.0168. The summed E-state index contributed by atoms with van der Waals surface area (Å²) >= 11 is 0. The van der Waals surface area contributed by atoms with Gasteiger partial charge in [-0.15, -0.1) is 0 Å². The first-order chi connectivity index (χ1) is 9.67. The lowest BCUT2D eigenvalue weighted by molar-refractivity contribution is -0.166. The molecular weight excluding hydrogens is 268 g/mol. The number of nitrogens with zero attached hydrogens (tertiary/aromatic N) is 1. The van der Waals surface area contributed by atoms with Crippen LogP contribution in [0.2, 0.25) is 0 Å². The molecule has 4 unspecified atom stereocenters. The van der Waals surface area contributed by atoms with E-state index in [9.17, 15) is 9.59 Å². The van der Waals surface area contributed by atoms with E-state index in [4.69, 9.17) is 4.74 Å². The topological polar surface area (TPSA) is 58.6 Å². The summed E-state index contributed by atoms with van der Waals surface area (Å²) in [5.41, 5.74) is -1.23. The Bertz CT molecular complexity index is 451. The molecule has 0 aromatic rings. The summed E-state index contributed by atoms with van der Waals surface area (Å²) in [6.07, 6.45) is 1.30. The van der Waals surface area contributed by atoms with Crippen LogP contribution in [0.1, 0.15) is 54.4 Å². The van der Waals surface area contributed by atoms with Gasteiger partial charge >= 0.3 is 0 Å². The van der Waals surface area contributed by atoms with Crippen LogP contribution in [0.5, 0.6) is 0 Å². The Kier molecular flexibility index (Phi) is 4.08. The number of piperazine rings is 1. The number of hydrogen-bond acceptors (Lipinski definition) is 3. The first kappa shape index (κ1) is 16.3. The first-order valence-corrected chi connectivity index (χ1v) is 7.94. The number of carbonyl (C=O) groups is 2. The van der Waals surface area contributed by atoms with Crippen LogP contribution < -0.4 is 5.32 Å². The molecule has 120 valence electrons. The zero-order valence-corrected chi connectivity index (χ0v) is 14.0. The lowest BCUT2D eigenvalue weighted by Gasteiger charge is -2.53. The third kappa shape index (κ3) is 2.35. The fourth-order valence-corrected chi connectivity index (χ4v) is 3.44. The molecule has 2 heterocycles. The molecular formula is C16H28N2O3. The molecule has 2 aliphatic rings. The van der Waals surface area contributed by atoms with Crippen LogP contribution in [0.4, 0.5) is 0 Å². The van der Waals surface area contributed by atoms with Crippen LogP contribution in [0, 0.1) is 5.92 Å². The first-order valence-electron chi connectivity index (χ1n) is 7.94. The van der Waals surface area contributed by atoms with Crippen molar-refractivity contribution >= 4 is 11.8 Å². The smallest absolute Gasteiger partial charge is 0.249 e. The average molecular weight is 296 g/mol. The number of ether oxygens (including phenoxy) is 1. The molecule has 5 heteroatoms. The molecule has 2 aliphatic heterocycles. The molecule has 21 heavy (non-hydrogen) atoms. The predicted molar refractivity (Wildman–Crippen MR) is 80.7 cm³/mol. The summed E-state index contributed by atoms with van der Waals surface area (Å²) in [6.45, 7) is 12.4. The van der Waals surface area contributed by atoms with Crippen LogP contribution in [0.25, 0.3) is 0 Å². The Morgan fingerprint density at radius 1 is 1.38 bits per heavy atom. The van der Waals surface area contributed by atoms with Crippen molar-refractivity contribution in [1.29, 1.82) is 0 Å².